The van der Waals surface area contributed by atoms with Crippen molar-refractivity contribution in [2.75, 3.05) is 13.7 Å². The Bertz CT molecular complexity index is 728. The lowest BCUT2D eigenvalue weighted by Crippen LogP contribution is -2.23. The maximum atomic E-state index is 13.5. The van der Waals surface area contributed by atoms with Crippen LogP contribution in [0.1, 0.15) is 17.2 Å². The van der Waals surface area contributed by atoms with E-state index in [2.05, 4.69) is 0 Å². The predicted octanol–water partition coefficient (Wildman–Crippen LogP) is 4.50. The molecule has 2 aromatic carbocycles. The molecule has 0 spiro atoms. The van der Waals surface area contributed by atoms with E-state index in [1.165, 1.54) is 18.0 Å². The van der Waals surface area contributed by atoms with E-state index in [4.69, 9.17) is 4.74 Å². The molecule has 3 nitrogen and oxygen atoms in total. The normalized spacial score (nSPS) is 18.2. The van der Waals surface area contributed by atoms with Crippen molar-refractivity contribution >= 4 is 6.09 Å². The third-order valence-electron chi connectivity index (χ3n) is 3.94. The molecule has 1 aliphatic heterocycles. The number of hydrogen-bond donors (Lipinski definition) is 0. The molecule has 0 saturated carbocycles. The van der Waals surface area contributed by atoms with Gasteiger partial charge >= 0.3 is 12.3 Å². The summed E-state index contributed by atoms with van der Waals surface area (Å²) in [5, 5.41) is 0. The number of carbonyl (C=O) groups is 1. The molecule has 1 atom stereocenters. The van der Waals surface area contributed by atoms with Crippen molar-refractivity contribution in [3.05, 3.63) is 59.7 Å². The van der Waals surface area contributed by atoms with Gasteiger partial charge in [0, 0.05) is 7.05 Å². The molecule has 0 aromatic heterocycles. The van der Waals surface area contributed by atoms with Crippen molar-refractivity contribution in [1.82, 2.24) is 4.90 Å². The summed E-state index contributed by atoms with van der Waals surface area (Å²) in [4.78, 5) is 12.7. The summed E-state index contributed by atoms with van der Waals surface area (Å²) in [5.41, 5.74) is 0.313. The molecule has 1 fully saturated rings. The van der Waals surface area contributed by atoms with Gasteiger partial charge in [-0.3, -0.25) is 0 Å². The molecule has 1 heterocycles. The molecule has 23 heavy (non-hydrogen) atoms. The van der Waals surface area contributed by atoms with Crippen molar-refractivity contribution in [2.45, 2.75) is 12.2 Å². The minimum Gasteiger partial charge on any atom is -0.447 e. The summed E-state index contributed by atoms with van der Waals surface area (Å²) in [6, 6.07) is 12.1. The number of rotatable bonds is 2. The van der Waals surface area contributed by atoms with Crippen molar-refractivity contribution in [2.24, 2.45) is 0 Å². The van der Waals surface area contributed by atoms with Crippen molar-refractivity contribution in [3.8, 4) is 11.1 Å². The van der Waals surface area contributed by atoms with E-state index in [9.17, 15) is 18.0 Å². The molecule has 1 amide bonds. The second-order valence-corrected chi connectivity index (χ2v) is 5.37. The van der Waals surface area contributed by atoms with Crippen molar-refractivity contribution in [3.63, 3.8) is 0 Å². The number of halogens is 3. The molecule has 6 heteroatoms. The first-order valence-corrected chi connectivity index (χ1v) is 7.04. The highest BCUT2D eigenvalue weighted by molar-refractivity contribution is 5.71. The maximum Gasteiger partial charge on any atom is 0.417 e. The highest BCUT2D eigenvalue weighted by atomic mass is 19.4. The fourth-order valence-electron chi connectivity index (χ4n) is 2.68. The molecule has 1 unspecified atom stereocenters. The minimum atomic E-state index is -4.48. The van der Waals surface area contributed by atoms with Gasteiger partial charge in [0.15, 0.2) is 0 Å². The van der Waals surface area contributed by atoms with Gasteiger partial charge in [-0.15, -0.1) is 0 Å². The molecule has 0 bridgehead atoms. The van der Waals surface area contributed by atoms with Crippen LogP contribution in [0.15, 0.2) is 48.5 Å². The fourth-order valence-corrected chi connectivity index (χ4v) is 2.68. The van der Waals surface area contributed by atoms with Gasteiger partial charge in [-0.25, -0.2) is 4.79 Å². The summed E-state index contributed by atoms with van der Waals surface area (Å²) in [6.07, 6.45) is -5.01. The molecule has 1 saturated heterocycles. The van der Waals surface area contributed by atoms with Gasteiger partial charge in [0.25, 0.3) is 0 Å². The topological polar surface area (TPSA) is 29.5 Å². The van der Waals surface area contributed by atoms with Crippen LogP contribution < -0.4 is 0 Å². The van der Waals surface area contributed by atoms with Crippen molar-refractivity contribution in [1.29, 1.82) is 0 Å². The monoisotopic (exact) mass is 321 g/mol. The Balaban J connectivity index is 2.08. The van der Waals surface area contributed by atoms with Gasteiger partial charge in [0.05, 0.1) is 11.6 Å². The number of likely N-dealkylation sites (N-methyl/N-ethyl adjacent to an activating group) is 1. The number of ether oxygens (including phenoxy) is 1. The number of cyclic esters (lactones) is 1. The Kier molecular flexibility index (Phi) is 3.75. The number of nitrogens with zero attached hydrogens (tertiary/aromatic N) is 1. The zero-order valence-corrected chi connectivity index (χ0v) is 12.3. The van der Waals surface area contributed by atoms with E-state index in [1.807, 2.05) is 0 Å². The number of benzene rings is 2. The first kappa shape index (κ1) is 15.4. The second-order valence-electron chi connectivity index (χ2n) is 5.37. The van der Waals surface area contributed by atoms with E-state index in [0.29, 0.717) is 11.1 Å². The predicted molar refractivity (Wildman–Crippen MR) is 78.7 cm³/mol. The highest BCUT2D eigenvalue weighted by Gasteiger charge is 2.36. The van der Waals surface area contributed by atoms with Crippen LogP contribution in [0.5, 0.6) is 0 Å². The molecule has 3 rings (SSSR count). The molecule has 0 N–H and O–H groups in total. The first-order chi connectivity index (χ1) is 10.9. The van der Waals surface area contributed by atoms with E-state index >= 15 is 0 Å². The largest absolute Gasteiger partial charge is 0.447 e. The van der Waals surface area contributed by atoms with Gasteiger partial charge in [0.2, 0.25) is 0 Å². The van der Waals surface area contributed by atoms with Gasteiger partial charge in [-0.1, -0.05) is 42.5 Å². The Morgan fingerprint density at radius 1 is 1.13 bits per heavy atom. The zero-order valence-electron chi connectivity index (χ0n) is 12.3. The van der Waals surface area contributed by atoms with Crippen LogP contribution in [-0.4, -0.2) is 24.6 Å². The first-order valence-electron chi connectivity index (χ1n) is 7.04. The smallest absolute Gasteiger partial charge is 0.417 e. The molecule has 2 aromatic rings. The number of carbonyl (C=O) groups excluding carboxylic acids is 1. The molecular formula is C17H14F3NO2. The number of hydrogen-bond acceptors (Lipinski definition) is 2. The lowest BCUT2D eigenvalue weighted by molar-refractivity contribution is -0.137. The molecular weight excluding hydrogens is 307 g/mol. The van der Waals surface area contributed by atoms with E-state index in [1.54, 1.807) is 36.4 Å². The lowest BCUT2D eigenvalue weighted by Gasteiger charge is -2.20. The third-order valence-corrected chi connectivity index (χ3v) is 3.94. The van der Waals surface area contributed by atoms with Crippen molar-refractivity contribution < 1.29 is 22.7 Å². The summed E-state index contributed by atoms with van der Waals surface area (Å²) in [7, 11) is 1.51. The average molecular weight is 321 g/mol. The summed E-state index contributed by atoms with van der Waals surface area (Å²) >= 11 is 0. The Labute approximate surface area is 131 Å². The second kappa shape index (κ2) is 5.61. The Morgan fingerprint density at radius 3 is 2.39 bits per heavy atom. The SMILES string of the molecule is CN1C(=O)OCC1c1ccc(-c2ccccc2)c(C(F)(F)F)c1. The molecule has 0 aliphatic carbocycles. The van der Waals surface area contributed by atoms with E-state index < -0.39 is 23.9 Å². The van der Waals surface area contributed by atoms with Crippen LogP contribution in [0, 0.1) is 0 Å². The molecule has 1 aliphatic rings. The Hall–Kier alpha value is -2.50. The lowest BCUT2D eigenvalue weighted by atomic mass is 9.95. The van der Waals surface area contributed by atoms with Crippen LogP contribution >= 0.6 is 0 Å². The quantitative estimate of drug-likeness (QED) is 0.815. The van der Waals surface area contributed by atoms with E-state index in [-0.39, 0.29) is 12.2 Å². The zero-order chi connectivity index (χ0) is 16.6. The molecule has 120 valence electrons. The van der Waals surface area contributed by atoms with Crippen LogP contribution in [0.2, 0.25) is 0 Å². The van der Waals surface area contributed by atoms with Gasteiger partial charge in [0.1, 0.15) is 6.61 Å². The van der Waals surface area contributed by atoms with Crippen LogP contribution in [0.25, 0.3) is 11.1 Å². The van der Waals surface area contributed by atoms with E-state index in [0.717, 1.165) is 6.07 Å². The Morgan fingerprint density at radius 2 is 1.83 bits per heavy atom. The number of amides is 1. The highest BCUT2D eigenvalue weighted by Crippen LogP contribution is 2.39. The summed E-state index contributed by atoms with van der Waals surface area (Å²) < 4.78 is 45.3. The van der Waals surface area contributed by atoms with Gasteiger partial charge < -0.3 is 9.64 Å². The average Bonchev–Trinajstić information content (AvgIpc) is 2.86. The van der Waals surface area contributed by atoms with Crippen LogP contribution in [-0.2, 0) is 10.9 Å². The van der Waals surface area contributed by atoms with Crippen LogP contribution in [0.3, 0.4) is 0 Å². The summed E-state index contributed by atoms with van der Waals surface area (Å²) in [5.74, 6) is 0. The standard InChI is InChI=1S/C17H14F3NO2/c1-21-15(10-23-16(21)22)12-7-8-13(11-5-3-2-4-6-11)14(9-12)17(18,19)20/h2-9,15H,10H2,1H3. The van der Waals surface area contributed by atoms with Gasteiger partial charge in [-0.2, -0.15) is 13.2 Å². The fraction of sp³-hybridized carbons (Fsp3) is 0.235. The van der Waals surface area contributed by atoms with Crippen LogP contribution in [0.4, 0.5) is 18.0 Å². The minimum absolute atomic E-state index is 0.0529. The summed E-state index contributed by atoms with van der Waals surface area (Å²) in [6.45, 7) is 0.0529. The maximum absolute atomic E-state index is 13.5. The third kappa shape index (κ3) is 2.88. The molecule has 0 radical (unpaired) electrons. The number of alkyl halides is 3. The van der Waals surface area contributed by atoms with Gasteiger partial charge in [-0.05, 0) is 22.8 Å².